The van der Waals surface area contributed by atoms with Gasteiger partial charge in [-0.25, -0.2) is 5.90 Å². The Morgan fingerprint density at radius 3 is 2.50 bits per heavy atom. The van der Waals surface area contributed by atoms with Crippen LogP contribution in [0.15, 0.2) is 18.2 Å². The van der Waals surface area contributed by atoms with Crippen LogP contribution < -0.4 is 5.90 Å². The van der Waals surface area contributed by atoms with Crippen molar-refractivity contribution in [3.63, 3.8) is 0 Å². The van der Waals surface area contributed by atoms with Crippen molar-refractivity contribution in [1.29, 1.82) is 0 Å². The van der Waals surface area contributed by atoms with E-state index in [9.17, 15) is 5.11 Å². The fourth-order valence-electron chi connectivity index (χ4n) is 1.38. The average molecular weight is 197 g/mol. The Hall–Kier alpha value is -1.26. The van der Waals surface area contributed by atoms with Gasteiger partial charge in [0.15, 0.2) is 0 Å². The molecule has 4 heteroatoms. The van der Waals surface area contributed by atoms with Gasteiger partial charge in [0.05, 0.1) is 6.61 Å². The first kappa shape index (κ1) is 10.8. The zero-order valence-electron chi connectivity index (χ0n) is 8.32. The zero-order chi connectivity index (χ0) is 10.8. The molecule has 4 N–H and O–H groups in total. The maximum Gasteiger partial charge on any atom is 0.123 e. The summed E-state index contributed by atoms with van der Waals surface area (Å²) in [5.41, 5.74) is 0.313. The normalized spacial score (nSPS) is 11.6. The van der Waals surface area contributed by atoms with E-state index < -0.39 is 0 Å². The molecule has 0 aliphatic carbocycles. The first-order valence-corrected chi connectivity index (χ1v) is 4.31. The van der Waals surface area contributed by atoms with Crippen molar-refractivity contribution < 1.29 is 15.1 Å². The molecule has 1 aromatic carbocycles. The predicted octanol–water partition coefficient (Wildman–Crippen LogP) is 1.27. The van der Waals surface area contributed by atoms with E-state index in [1.165, 1.54) is 12.1 Å². The topological polar surface area (TPSA) is 75.7 Å². The van der Waals surface area contributed by atoms with Crippen LogP contribution in [0.1, 0.15) is 19.4 Å². The van der Waals surface area contributed by atoms with Crippen molar-refractivity contribution in [1.82, 2.24) is 0 Å². The van der Waals surface area contributed by atoms with E-state index in [0.29, 0.717) is 12.2 Å². The van der Waals surface area contributed by atoms with Gasteiger partial charge < -0.3 is 15.1 Å². The van der Waals surface area contributed by atoms with Gasteiger partial charge in [-0.05, 0) is 6.07 Å². The lowest BCUT2D eigenvalue weighted by Crippen LogP contribution is -2.26. The van der Waals surface area contributed by atoms with E-state index in [4.69, 9.17) is 11.0 Å². The lowest BCUT2D eigenvalue weighted by atomic mass is 9.85. The van der Waals surface area contributed by atoms with Gasteiger partial charge >= 0.3 is 0 Å². The van der Waals surface area contributed by atoms with Crippen molar-refractivity contribution in [3.05, 3.63) is 23.8 Å². The Balaban J connectivity index is 3.06. The number of hydrogen-bond acceptors (Lipinski definition) is 4. The fraction of sp³-hybridized carbons (Fsp3) is 0.400. The van der Waals surface area contributed by atoms with Crippen LogP contribution in [0.3, 0.4) is 0 Å². The summed E-state index contributed by atoms with van der Waals surface area (Å²) >= 11 is 0. The summed E-state index contributed by atoms with van der Waals surface area (Å²) in [6.07, 6.45) is 0. The second kappa shape index (κ2) is 3.86. The SMILES string of the molecule is CC(C)(CON)c1ccc(O)cc1O. The molecule has 0 saturated heterocycles. The number of aromatic hydroxyl groups is 2. The molecule has 0 radical (unpaired) electrons. The van der Waals surface area contributed by atoms with E-state index in [1.807, 2.05) is 13.8 Å². The molecule has 0 aliphatic rings. The molecule has 1 aromatic rings. The number of benzene rings is 1. The van der Waals surface area contributed by atoms with E-state index in [2.05, 4.69) is 4.84 Å². The molecule has 0 amide bonds. The smallest absolute Gasteiger partial charge is 0.123 e. The molecule has 0 saturated carbocycles. The van der Waals surface area contributed by atoms with Crippen molar-refractivity contribution in [3.8, 4) is 11.5 Å². The number of hydrogen-bond donors (Lipinski definition) is 3. The Labute approximate surface area is 82.9 Å². The molecule has 78 valence electrons. The highest BCUT2D eigenvalue weighted by Gasteiger charge is 2.24. The highest BCUT2D eigenvalue weighted by Crippen LogP contribution is 2.33. The molecular weight excluding hydrogens is 182 g/mol. The van der Waals surface area contributed by atoms with Gasteiger partial charge in [0, 0.05) is 17.0 Å². The van der Waals surface area contributed by atoms with E-state index in [0.717, 1.165) is 0 Å². The number of rotatable bonds is 3. The molecule has 1 rings (SSSR count). The maximum atomic E-state index is 9.60. The van der Waals surface area contributed by atoms with Crippen LogP contribution in [0, 0.1) is 0 Å². The molecule has 0 spiro atoms. The highest BCUT2D eigenvalue weighted by atomic mass is 16.6. The molecule has 0 bridgehead atoms. The lowest BCUT2D eigenvalue weighted by Gasteiger charge is -2.24. The molecule has 0 aliphatic heterocycles. The van der Waals surface area contributed by atoms with Crippen molar-refractivity contribution in [2.75, 3.05) is 6.61 Å². The van der Waals surface area contributed by atoms with Gasteiger partial charge in [0.25, 0.3) is 0 Å². The minimum Gasteiger partial charge on any atom is -0.508 e. The Kier molecular flexibility index (Phi) is 2.98. The Morgan fingerprint density at radius 2 is 2.00 bits per heavy atom. The van der Waals surface area contributed by atoms with Crippen LogP contribution in [0.2, 0.25) is 0 Å². The predicted molar refractivity (Wildman–Crippen MR) is 52.9 cm³/mol. The minimum absolute atomic E-state index is 0.0377. The summed E-state index contributed by atoms with van der Waals surface area (Å²) in [5, 5.41) is 18.7. The average Bonchev–Trinajstić information content (AvgIpc) is 2.02. The molecule has 4 nitrogen and oxygen atoms in total. The summed E-state index contributed by atoms with van der Waals surface area (Å²) < 4.78 is 0. The monoisotopic (exact) mass is 197 g/mol. The summed E-state index contributed by atoms with van der Waals surface area (Å²) in [5.74, 6) is 5.09. The fourth-order valence-corrected chi connectivity index (χ4v) is 1.38. The number of nitrogens with two attached hydrogens (primary N) is 1. The van der Waals surface area contributed by atoms with E-state index >= 15 is 0 Å². The molecule has 0 aromatic heterocycles. The van der Waals surface area contributed by atoms with Gasteiger partial charge in [-0.1, -0.05) is 19.9 Å². The Bertz CT molecular complexity index is 323. The first-order chi connectivity index (χ1) is 6.47. The minimum atomic E-state index is -0.382. The third-order valence-electron chi connectivity index (χ3n) is 2.15. The van der Waals surface area contributed by atoms with Gasteiger partial charge in [-0.2, -0.15) is 0 Å². The quantitative estimate of drug-likeness (QED) is 0.638. The van der Waals surface area contributed by atoms with Gasteiger partial charge in [0.1, 0.15) is 11.5 Å². The molecular formula is C10H15NO3. The van der Waals surface area contributed by atoms with Crippen molar-refractivity contribution >= 4 is 0 Å². The largest absolute Gasteiger partial charge is 0.508 e. The zero-order valence-corrected chi connectivity index (χ0v) is 8.32. The number of phenols is 2. The van der Waals surface area contributed by atoms with Crippen LogP contribution in [0.5, 0.6) is 11.5 Å². The summed E-state index contributed by atoms with van der Waals surface area (Å²) in [6, 6.07) is 4.48. The third kappa shape index (κ3) is 2.16. The van der Waals surface area contributed by atoms with Crippen LogP contribution in [0.25, 0.3) is 0 Å². The summed E-state index contributed by atoms with van der Waals surface area (Å²) in [7, 11) is 0. The van der Waals surface area contributed by atoms with Crippen molar-refractivity contribution in [2.24, 2.45) is 5.90 Å². The summed E-state index contributed by atoms with van der Waals surface area (Å²) in [6.45, 7) is 4.09. The van der Waals surface area contributed by atoms with Gasteiger partial charge in [-0.3, -0.25) is 0 Å². The molecule has 14 heavy (non-hydrogen) atoms. The van der Waals surface area contributed by atoms with E-state index in [1.54, 1.807) is 6.07 Å². The lowest BCUT2D eigenvalue weighted by molar-refractivity contribution is 0.0954. The molecule has 0 unspecified atom stereocenters. The van der Waals surface area contributed by atoms with Crippen LogP contribution in [-0.2, 0) is 10.3 Å². The second-order valence-corrected chi connectivity index (χ2v) is 3.90. The maximum absolute atomic E-state index is 9.60. The van der Waals surface area contributed by atoms with Crippen LogP contribution in [-0.4, -0.2) is 16.8 Å². The van der Waals surface area contributed by atoms with Gasteiger partial charge in [-0.15, -0.1) is 0 Å². The Morgan fingerprint density at radius 1 is 1.36 bits per heavy atom. The standard InChI is InChI=1S/C10H15NO3/c1-10(2,6-14-11)8-4-3-7(12)5-9(8)13/h3-5,12-13H,6,11H2,1-2H3. The highest BCUT2D eigenvalue weighted by molar-refractivity contribution is 5.42. The molecule has 0 heterocycles. The van der Waals surface area contributed by atoms with Crippen molar-refractivity contribution in [2.45, 2.75) is 19.3 Å². The third-order valence-corrected chi connectivity index (χ3v) is 2.15. The van der Waals surface area contributed by atoms with Crippen LogP contribution in [0.4, 0.5) is 0 Å². The molecule has 0 atom stereocenters. The second-order valence-electron chi connectivity index (χ2n) is 3.90. The number of phenolic OH excluding ortho intramolecular Hbond substituents is 2. The molecule has 0 fully saturated rings. The van der Waals surface area contributed by atoms with Gasteiger partial charge in [0.2, 0.25) is 0 Å². The summed E-state index contributed by atoms with van der Waals surface area (Å²) in [4.78, 5) is 4.57. The van der Waals surface area contributed by atoms with Crippen LogP contribution >= 0.6 is 0 Å². The van der Waals surface area contributed by atoms with E-state index in [-0.39, 0.29) is 16.9 Å². The first-order valence-electron chi connectivity index (χ1n) is 4.31.